The molecule has 2 rings (SSSR count). The minimum absolute atomic E-state index is 0.00142. The van der Waals surface area contributed by atoms with Gasteiger partial charge in [-0.05, 0) is 28.0 Å². The quantitative estimate of drug-likeness (QED) is 0.578. The lowest BCUT2D eigenvalue weighted by molar-refractivity contribution is 0.300. The highest BCUT2D eigenvalue weighted by molar-refractivity contribution is 7.75. The van der Waals surface area contributed by atoms with Gasteiger partial charge >= 0.3 is 0 Å². The molecule has 0 aliphatic heterocycles. The molecule has 2 aromatic rings. The molecule has 0 N–H and O–H groups in total. The molecule has 1 atom stereocenters. The second-order valence-electron chi connectivity index (χ2n) is 8.27. The normalized spacial score (nSPS) is 12.8. The van der Waals surface area contributed by atoms with Gasteiger partial charge in [-0.15, -0.1) is 0 Å². The van der Waals surface area contributed by atoms with Crippen molar-refractivity contribution in [3.05, 3.63) is 59.2 Å². The van der Waals surface area contributed by atoms with E-state index in [1.54, 1.807) is 0 Å². The summed E-state index contributed by atoms with van der Waals surface area (Å²) in [6.45, 7) is 14.0. The molecule has 0 aliphatic carbocycles. The van der Waals surface area contributed by atoms with E-state index in [4.69, 9.17) is 16.0 Å². The molecule has 0 radical (unpaired) electrons. The molecule has 0 fully saturated rings. The third-order valence-corrected chi connectivity index (χ3v) is 5.28. The largest absolute Gasteiger partial charge is 0.488 e. The van der Waals surface area contributed by atoms with E-state index in [1.807, 2.05) is 18.2 Å². The van der Waals surface area contributed by atoms with Gasteiger partial charge < -0.3 is 4.74 Å². The van der Waals surface area contributed by atoms with Gasteiger partial charge in [0.1, 0.15) is 12.4 Å². The van der Waals surface area contributed by atoms with Crippen LogP contribution >= 0.6 is 19.2 Å². The molecule has 3 heteroatoms. The first-order valence-electron chi connectivity index (χ1n) is 8.35. The first kappa shape index (κ1) is 19.3. The fraction of sp³-hybridized carbons (Fsp3) is 0.429. The monoisotopic (exact) mass is 362 g/mol. The average molecular weight is 363 g/mol. The van der Waals surface area contributed by atoms with E-state index in [1.165, 1.54) is 16.7 Å². The van der Waals surface area contributed by atoms with Gasteiger partial charge in [-0.1, -0.05) is 89.2 Å². The Balaban J connectivity index is 2.48. The minimum Gasteiger partial charge on any atom is -0.488 e. The predicted molar refractivity (Wildman–Crippen MR) is 108 cm³/mol. The van der Waals surface area contributed by atoms with Crippen LogP contribution in [0.4, 0.5) is 0 Å². The molecule has 2 aromatic carbocycles. The van der Waals surface area contributed by atoms with Crippen LogP contribution < -0.4 is 10.0 Å². The van der Waals surface area contributed by atoms with Crippen LogP contribution in [0.5, 0.6) is 5.75 Å². The molecule has 0 bridgehead atoms. The van der Waals surface area contributed by atoms with E-state index in [9.17, 15) is 0 Å². The number of ether oxygens (including phenoxy) is 1. The standard InChI is InChI=1S/C21H28ClOP/c1-20(2,3)16-12-17(21(4,5)6)19(18(13-16)24-22)23-14-15-10-8-7-9-11-15/h7-13,24H,14H2,1-6H3. The zero-order chi connectivity index (χ0) is 18.0. The summed E-state index contributed by atoms with van der Waals surface area (Å²) in [5.41, 5.74) is 3.79. The second kappa shape index (κ2) is 7.46. The fourth-order valence-electron chi connectivity index (χ4n) is 2.57. The van der Waals surface area contributed by atoms with Crippen LogP contribution in [0.25, 0.3) is 0 Å². The number of benzene rings is 2. The van der Waals surface area contributed by atoms with Crippen molar-refractivity contribution in [1.82, 2.24) is 0 Å². The lowest BCUT2D eigenvalue weighted by Gasteiger charge is -2.29. The number of rotatable bonds is 4. The molecule has 0 heterocycles. The fourth-order valence-corrected chi connectivity index (χ4v) is 3.50. The van der Waals surface area contributed by atoms with Crippen LogP contribution in [0.15, 0.2) is 42.5 Å². The van der Waals surface area contributed by atoms with Gasteiger partial charge in [0.05, 0.1) is 0 Å². The topological polar surface area (TPSA) is 9.23 Å². The Hall–Kier alpha value is -1.04. The van der Waals surface area contributed by atoms with Gasteiger partial charge in [0.15, 0.2) is 0 Å². The first-order valence-corrected chi connectivity index (χ1v) is 10.4. The second-order valence-corrected chi connectivity index (χ2v) is 9.56. The lowest BCUT2D eigenvalue weighted by Crippen LogP contribution is -2.22. The Kier molecular flexibility index (Phi) is 6.00. The van der Waals surface area contributed by atoms with Gasteiger partial charge in [0, 0.05) is 18.8 Å². The van der Waals surface area contributed by atoms with Crippen LogP contribution in [0.1, 0.15) is 58.2 Å². The van der Waals surface area contributed by atoms with E-state index in [0.29, 0.717) is 6.61 Å². The van der Waals surface area contributed by atoms with Crippen molar-refractivity contribution in [3.63, 3.8) is 0 Å². The van der Waals surface area contributed by atoms with Gasteiger partial charge in [-0.3, -0.25) is 0 Å². The van der Waals surface area contributed by atoms with Crippen LogP contribution in [0, 0.1) is 0 Å². The molecule has 0 aliphatic rings. The van der Waals surface area contributed by atoms with Crippen LogP contribution in [0.3, 0.4) is 0 Å². The van der Waals surface area contributed by atoms with Gasteiger partial charge in [0.2, 0.25) is 0 Å². The van der Waals surface area contributed by atoms with Crippen molar-refractivity contribution < 1.29 is 4.74 Å². The molecule has 0 amide bonds. The van der Waals surface area contributed by atoms with Crippen LogP contribution in [-0.4, -0.2) is 0 Å². The zero-order valence-electron chi connectivity index (χ0n) is 15.5. The molecular weight excluding hydrogens is 335 g/mol. The zero-order valence-corrected chi connectivity index (χ0v) is 17.3. The maximum Gasteiger partial charge on any atom is 0.132 e. The Labute approximate surface area is 153 Å². The number of hydrogen-bond donors (Lipinski definition) is 0. The molecule has 0 saturated carbocycles. The van der Waals surface area contributed by atoms with Crippen molar-refractivity contribution in [2.45, 2.75) is 59.0 Å². The van der Waals surface area contributed by atoms with Crippen molar-refractivity contribution in [3.8, 4) is 5.75 Å². The van der Waals surface area contributed by atoms with Gasteiger partial charge in [0.25, 0.3) is 0 Å². The van der Waals surface area contributed by atoms with Crippen LogP contribution in [-0.2, 0) is 17.4 Å². The maximum atomic E-state index is 6.31. The van der Waals surface area contributed by atoms with Crippen molar-refractivity contribution in [2.75, 3.05) is 0 Å². The molecular formula is C21H28ClOP. The number of hydrogen-bond acceptors (Lipinski definition) is 1. The molecule has 0 saturated heterocycles. The van der Waals surface area contributed by atoms with Crippen molar-refractivity contribution in [2.24, 2.45) is 0 Å². The molecule has 24 heavy (non-hydrogen) atoms. The van der Waals surface area contributed by atoms with E-state index < -0.39 is 0 Å². The molecule has 1 nitrogen and oxygen atoms in total. The molecule has 0 spiro atoms. The molecule has 0 aromatic heterocycles. The highest BCUT2D eigenvalue weighted by atomic mass is 35.7. The smallest absolute Gasteiger partial charge is 0.132 e. The molecule has 1 unspecified atom stereocenters. The Morgan fingerprint density at radius 3 is 2.04 bits per heavy atom. The first-order chi connectivity index (χ1) is 11.1. The van der Waals surface area contributed by atoms with Crippen molar-refractivity contribution >= 4 is 24.5 Å². The van der Waals surface area contributed by atoms with E-state index in [0.717, 1.165) is 11.1 Å². The maximum absolute atomic E-state index is 6.31. The summed E-state index contributed by atoms with van der Waals surface area (Å²) >= 11 is 6.31. The third-order valence-electron chi connectivity index (χ3n) is 4.09. The summed E-state index contributed by atoms with van der Waals surface area (Å²) in [5.74, 6) is 0.952. The highest BCUT2D eigenvalue weighted by Gasteiger charge is 2.26. The minimum atomic E-state index is -0.00142. The average Bonchev–Trinajstić information content (AvgIpc) is 2.51. The SMILES string of the molecule is CC(C)(C)c1cc(PCl)c(OCc2ccccc2)c(C(C)(C)C)c1. The summed E-state index contributed by atoms with van der Waals surface area (Å²) in [5, 5.41) is 1.10. The van der Waals surface area contributed by atoms with E-state index in [2.05, 4.69) is 65.8 Å². The summed E-state index contributed by atoms with van der Waals surface area (Å²) in [7, 11) is 0.195. The summed E-state index contributed by atoms with van der Waals surface area (Å²) in [4.78, 5) is 0. The van der Waals surface area contributed by atoms with Gasteiger partial charge in [-0.2, -0.15) is 0 Å². The Morgan fingerprint density at radius 2 is 1.54 bits per heavy atom. The Bertz CT molecular complexity index is 681. The lowest BCUT2D eigenvalue weighted by atomic mass is 9.80. The van der Waals surface area contributed by atoms with Gasteiger partial charge in [-0.25, -0.2) is 0 Å². The third kappa shape index (κ3) is 4.74. The van der Waals surface area contributed by atoms with Crippen molar-refractivity contribution in [1.29, 1.82) is 0 Å². The van der Waals surface area contributed by atoms with E-state index in [-0.39, 0.29) is 18.8 Å². The van der Waals surface area contributed by atoms with E-state index >= 15 is 0 Å². The summed E-state index contributed by atoms with van der Waals surface area (Å²) < 4.78 is 6.26. The molecule has 130 valence electrons. The number of halogens is 1. The van der Waals surface area contributed by atoms with Crippen LogP contribution in [0.2, 0.25) is 0 Å². The highest BCUT2D eigenvalue weighted by Crippen LogP contribution is 2.38. The summed E-state index contributed by atoms with van der Waals surface area (Å²) in [6, 6.07) is 14.8. The summed E-state index contributed by atoms with van der Waals surface area (Å²) in [6.07, 6.45) is 0. The predicted octanol–water partition coefficient (Wildman–Crippen LogP) is 6.32. The Morgan fingerprint density at radius 1 is 0.917 bits per heavy atom.